The van der Waals surface area contributed by atoms with Crippen molar-refractivity contribution in [2.75, 3.05) is 5.43 Å². The number of allylic oxidation sites excluding steroid dienone is 2. The highest BCUT2D eigenvalue weighted by molar-refractivity contribution is 6.08. The van der Waals surface area contributed by atoms with Gasteiger partial charge in [0, 0.05) is 18.4 Å². The maximum absolute atomic E-state index is 11.3. The van der Waals surface area contributed by atoms with Gasteiger partial charge in [-0.1, -0.05) is 60.7 Å². The van der Waals surface area contributed by atoms with E-state index >= 15 is 0 Å². The minimum atomic E-state index is -0.668. The molecular formula is C23H18N4O4. The van der Waals surface area contributed by atoms with Gasteiger partial charge in [-0.2, -0.15) is 5.10 Å². The number of hydrazone groups is 1. The van der Waals surface area contributed by atoms with Crippen LogP contribution in [0.3, 0.4) is 0 Å². The Morgan fingerprint density at radius 3 is 2.19 bits per heavy atom. The Morgan fingerprint density at radius 2 is 1.55 bits per heavy atom. The molecule has 0 saturated heterocycles. The van der Waals surface area contributed by atoms with Gasteiger partial charge in [-0.05, 0) is 28.8 Å². The Bertz CT molecular complexity index is 1190. The maximum Gasteiger partial charge on any atom is 0.301 e. The van der Waals surface area contributed by atoms with Crippen LogP contribution in [-0.4, -0.2) is 15.6 Å². The van der Waals surface area contributed by atoms with Gasteiger partial charge < -0.3 is 0 Å². The fourth-order valence-electron chi connectivity index (χ4n) is 3.65. The summed E-state index contributed by atoms with van der Waals surface area (Å²) in [5.41, 5.74) is 6.17. The molecule has 0 amide bonds. The first-order chi connectivity index (χ1) is 15.0. The van der Waals surface area contributed by atoms with E-state index in [1.807, 2.05) is 54.6 Å². The zero-order valence-electron chi connectivity index (χ0n) is 16.3. The number of anilines is 1. The van der Waals surface area contributed by atoms with Gasteiger partial charge >= 0.3 is 5.69 Å². The molecule has 0 saturated carbocycles. The lowest BCUT2D eigenvalue weighted by Crippen LogP contribution is -2.02. The number of nitro groups is 2. The molecule has 0 fully saturated rings. The average Bonchev–Trinajstić information content (AvgIpc) is 3.23. The number of hydrogen-bond donors (Lipinski definition) is 1. The number of non-ortho nitro benzene ring substituents is 1. The molecule has 4 rings (SSSR count). The molecule has 0 spiro atoms. The molecule has 0 aromatic heterocycles. The lowest BCUT2D eigenvalue weighted by Gasteiger charge is -2.15. The summed E-state index contributed by atoms with van der Waals surface area (Å²) in [6.45, 7) is 0. The predicted octanol–water partition coefficient (Wildman–Crippen LogP) is 5.54. The molecule has 1 aliphatic rings. The van der Waals surface area contributed by atoms with Crippen molar-refractivity contribution >= 4 is 28.3 Å². The molecule has 3 aromatic carbocycles. The standard InChI is InChI=1S/C23H18N4O4/c28-26(29)19-11-12-22(23(15-19)27(30)31)25-24-18-13-20(16-7-3-1-4-8-16)21(14-18)17-9-5-2-6-10-17/h1-13,15,21,25H,14H2/b24-18+/t21-/m0/s1. The summed E-state index contributed by atoms with van der Waals surface area (Å²) in [4.78, 5) is 20.9. The molecule has 0 aliphatic heterocycles. The van der Waals surface area contributed by atoms with Crippen molar-refractivity contribution in [3.05, 3.63) is 116 Å². The lowest BCUT2D eigenvalue weighted by molar-refractivity contribution is -0.393. The summed E-state index contributed by atoms with van der Waals surface area (Å²) in [6, 6.07) is 23.5. The van der Waals surface area contributed by atoms with Crippen molar-refractivity contribution in [3.63, 3.8) is 0 Å². The maximum atomic E-state index is 11.3. The van der Waals surface area contributed by atoms with Gasteiger partial charge in [0.1, 0.15) is 5.69 Å². The van der Waals surface area contributed by atoms with E-state index in [4.69, 9.17) is 0 Å². The topological polar surface area (TPSA) is 111 Å². The molecule has 1 N–H and O–H groups in total. The van der Waals surface area contributed by atoms with Gasteiger partial charge in [0.25, 0.3) is 5.69 Å². The smallest absolute Gasteiger partial charge is 0.271 e. The fraction of sp³-hybridized carbons (Fsp3) is 0.0870. The van der Waals surface area contributed by atoms with Gasteiger partial charge in [-0.15, -0.1) is 0 Å². The third kappa shape index (κ3) is 4.32. The third-order valence-corrected chi connectivity index (χ3v) is 5.13. The predicted molar refractivity (Wildman–Crippen MR) is 119 cm³/mol. The average molecular weight is 414 g/mol. The van der Waals surface area contributed by atoms with Crippen LogP contribution in [0.2, 0.25) is 0 Å². The molecule has 1 aliphatic carbocycles. The first kappa shape index (κ1) is 20.0. The monoisotopic (exact) mass is 414 g/mol. The van der Waals surface area contributed by atoms with Crippen LogP contribution in [0, 0.1) is 20.2 Å². The van der Waals surface area contributed by atoms with Crippen LogP contribution in [0.5, 0.6) is 0 Å². The Hall–Kier alpha value is -4.33. The van der Waals surface area contributed by atoms with E-state index in [0.29, 0.717) is 6.42 Å². The van der Waals surface area contributed by atoms with Crippen molar-refractivity contribution in [1.82, 2.24) is 0 Å². The Balaban J connectivity index is 1.66. The zero-order chi connectivity index (χ0) is 21.8. The van der Waals surface area contributed by atoms with Crippen LogP contribution in [0.4, 0.5) is 17.1 Å². The first-order valence-corrected chi connectivity index (χ1v) is 9.60. The van der Waals surface area contributed by atoms with Gasteiger partial charge in [0.05, 0.1) is 21.6 Å². The quantitative estimate of drug-likeness (QED) is 0.420. The second-order valence-corrected chi connectivity index (χ2v) is 7.06. The molecule has 31 heavy (non-hydrogen) atoms. The van der Waals surface area contributed by atoms with Crippen LogP contribution in [0.15, 0.2) is 90.0 Å². The van der Waals surface area contributed by atoms with E-state index < -0.39 is 15.5 Å². The number of nitrogens with one attached hydrogen (secondary N) is 1. The largest absolute Gasteiger partial charge is 0.301 e. The highest BCUT2D eigenvalue weighted by Gasteiger charge is 2.26. The third-order valence-electron chi connectivity index (χ3n) is 5.13. The van der Waals surface area contributed by atoms with Crippen molar-refractivity contribution in [1.29, 1.82) is 0 Å². The van der Waals surface area contributed by atoms with Gasteiger partial charge in [0.2, 0.25) is 0 Å². The van der Waals surface area contributed by atoms with E-state index in [1.165, 1.54) is 12.1 Å². The minimum absolute atomic E-state index is 0.0981. The first-order valence-electron chi connectivity index (χ1n) is 9.60. The minimum Gasteiger partial charge on any atom is -0.271 e. The zero-order valence-corrected chi connectivity index (χ0v) is 16.3. The van der Waals surface area contributed by atoms with Crippen molar-refractivity contribution in [3.8, 4) is 0 Å². The summed E-state index contributed by atoms with van der Waals surface area (Å²) < 4.78 is 0. The molecule has 0 radical (unpaired) electrons. The van der Waals surface area contributed by atoms with Crippen molar-refractivity contribution in [2.45, 2.75) is 12.3 Å². The summed E-state index contributed by atoms with van der Waals surface area (Å²) in [7, 11) is 0. The molecule has 154 valence electrons. The van der Waals surface area contributed by atoms with Crippen LogP contribution in [-0.2, 0) is 0 Å². The van der Waals surface area contributed by atoms with Crippen LogP contribution in [0.1, 0.15) is 23.5 Å². The molecule has 8 heteroatoms. The Labute approximate surface area is 177 Å². The van der Waals surface area contributed by atoms with Crippen LogP contribution in [0.25, 0.3) is 5.57 Å². The van der Waals surface area contributed by atoms with E-state index in [9.17, 15) is 20.2 Å². The van der Waals surface area contributed by atoms with Gasteiger partial charge in [0.15, 0.2) is 0 Å². The molecule has 3 aromatic rings. The number of nitro benzene ring substituents is 2. The number of hydrogen-bond acceptors (Lipinski definition) is 6. The SMILES string of the molecule is O=[N+]([O-])c1ccc(N/N=C2\C=C(c3ccccc3)[C@H](c3ccccc3)C2)c([N+](=O)[O-])c1. The summed E-state index contributed by atoms with van der Waals surface area (Å²) in [5.74, 6) is 0.107. The second-order valence-electron chi connectivity index (χ2n) is 7.06. The van der Waals surface area contributed by atoms with E-state index in [0.717, 1.165) is 28.5 Å². The molecule has 8 nitrogen and oxygen atoms in total. The number of benzene rings is 3. The highest BCUT2D eigenvalue weighted by atomic mass is 16.6. The van der Waals surface area contributed by atoms with E-state index in [2.05, 4.69) is 22.7 Å². The summed E-state index contributed by atoms with van der Waals surface area (Å²) in [5, 5.41) is 26.7. The molecule has 0 heterocycles. The molecule has 1 atom stereocenters. The van der Waals surface area contributed by atoms with Gasteiger partial charge in [-0.3, -0.25) is 25.7 Å². The van der Waals surface area contributed by atoms with Crippen LogP contribution < -0.4 is 5.43 Å². The van der Waals surface area contributed by atoms with E-state index in [-0.39, 0.29) is 17.3 Å². The molecular weight excluding hydrogens is 396 g/mol. The lowest BCUT2D eigenvalue weighted by atomic mass is 9.88. The summed E-state index contributed by atoms with van der Waals surface area (Å²) in [6.07, 6.45) is 2.61. The fourth-order valence-corrected chi connectivity index (χ4v) is 3.65. The second kappa shape index (κ2) is 8.58. The number of nitrogens with zero attached hydrogens (tertiary/aromatic N) is 3. The Kier molecular flexibility index (Phi) is 5.53. The molecule has 0 unspecified atom stereocenters. The Morgan fingerprint density at radius 1 is 0.871 bits per heavy atom. The number of rotatable bonds is 6. The van der Waals surface area contributed by atoms with Gasteiger partial charge in [-0.25, -0.2) is 0 Å². The molecule has 0 bridgehead atoms. The highest BCUT2D eigenvalue weighted by Crippen LogP contribution is 2.40. The summed E-state index contributed by atoms with van der Waals surface area (Å²) >= 11 is 0. The normalized spacial score (nSPS) is 16.7. The van der Waals surface area contributed by atoms with Crippen LogP contribution >= 0.6 is 0 Å². The van der Waals surface area contributed by atoms with Crippen molar-refractivity contribution < 1.29 is 9.85 Å². The van der Waals surface area contributed by atoms with E-state index in [1.54, 1.807) is 0 Å². The van der Waals surface area contributed by atoms with Crippen molar-refractivity contribution in [2.24, 2.45) is 5.10 Å².